The largest absolute Gasteiger partial charge is 0.497 e. The molecule has 2 aromatic heterocycles. The van der Waals surface area contributed by atoms with Gasteiger partial charge in [-0.3, -0.25) is 4.79 Å². The number of Topliss-reactive ketones (excluding diaryl/α,β-unsaturated/α-hetero) is 1. The number of aromatic nitrogens is 2. The normalized spacial score (nSPS) is 12.3. The van der Waals surface area contributed by atoms with Gasteiger partial charge in [-0.05, 0) is 42.6 Å². The number of nitrogens with zero attached hydrogens (tertiary/aromatic N) is 2. The quantitative estimate of drug-likeness (QED) is 0.432. The number of thioether (sulfide) groups is 1. The van der Waals surface area contributed by atoms with E-state index in [2.05, 4.69) is 9.97 Å². The Hall–Kier alpha value is -2.12. The molecule has 1 atom stereocenters. The van der Waals surface area contributed by atoms with Crippen LogP contribution in [0.25, 0.3) is 10.2 Å². The lowest BCUT2D eigenvalue weighted by atomic mass is 10.1. The van der Waals surface area contributed by atoms with Gasteiger partial charge in [0.1, 0.15) is 16.4 Å². The number of fused-ring (bicyclic) bond motifs is 1. The fourth-order valence-electron chi connectivity index (χ4n) is 2.11. The molecule has 0 fully saturated rings. The minimum atomic E-state index is -0.305. The Labute approximate surface area is 141 Å². The summed E-state index contributed by atoms with van der Waals surface area (Å²) < 4.78 is 5.10. The number of hydrogen-bond donors (Lipinski definition) is 1. The Morgan fingerprint density at radius 1 is 1.26 bits per heavy atom. The lowest BCUT2D eigenvalue weighted by molar-refractivity contribution is 0.0994. The van der Waals surface area contributed by atoms with Crippen molar-refractivity contribution < 1.29 is 9.53 Å². The minimum absolute atomic E-state index is 0.0195. The van der Waals surface area contributed by atoms with Crippen LogP contribution in [0.3, 0.4) is 0 Å². The molecule has 0 aliphatic heterocycles. The molecule has 23 heavy (non-hydrogen) atoms. The van der Waals surface area contributed by atoms with Crippen molar-refractivity contribution in [3.8, 4) is 5.75 Å². The highest BCUT2D eigenvalue weighted by molar-refractivity contribution is 8.00. The van der Waals surface area contributed by atoms with Crippen LogP contribution >= 0.6 is 23.1 Å². The van der Waals surface area contributed by atoms with Crippen molar-refractivity contribution in [2.75, 3.05) is 12.8 Å². The van der Waals surface area contributed by atoms with E-state index in [0.717, 1.165) is 16.0 Å². The Bertz CT molecular complexity index is 846. The van der Waals surface area contributed by atoms with Crippen molar-refractivity contribution in [1.29, 1.82) is 0 Å². The summed E-state index contributed by atoms with van der Waals surface area (Å²) in [6, 6.07) is 8.97. The highest BCUT2D eigenvalue weighted by Crippen LogP contribution is 2.29. The number of nitrogen functional groups attached to an aromatic ring is 1. The number of hydrogen-bond acceptors (Lipinski definition) is 7. The molecule has 3 rings (SSSR count). The predicted molar refractivity (Wildman–Crippen MR) is 94.5 cm³/mol. The van der Waals surface area contributed by atoms with Gasteiger partial charge in [-0.15, -0.1) is 11.3 Å². The first-order valence-corrected chi connectivity index (χ1v) is 8.70. The van der Waals surface area contributed by atoms with Crippen molar-refractivity contribution in [1.82, 2.24) is 9.97 Å². The van der Waals surface area contributed by atoms with Crippen molar-refractivity contribution in [3.05, 3.63) is 41.3 Å². The van der Waals surface area contributed by atoms with E-state index in [-0.39, 0.29) is 11.0 Å². The smallest absolute Gasteiger partial charge is 0.191 e. The van der Waals surface area contributed by atoms with E-state index in [1.807, 2.05) is 18.4 Å². The zero-order valence-electron chi connectivity index (χ0n) is 12.6. The van der Waals surface area contributed by atoms with Gasteiger partial charge in [-0.2, -0.15) is 0 Å². The van der Waals surface area contributed by atoms with Crippen LogP contribution in [-0.2, 0) is 0 Å². The zero-order valence-corrected chi connectivity index (χ0v) is 14.3. The number of carbonyl (C=O) groups excluding carboxylic acids is 1. The number of nitrogens with two attached hydrogens (primary N) is 1. The first-order chi connectivity index (χ1) is 11.1. The van der Waals surface area contributed by atoms with E-state index < -0.39 is 0 Å². The van der Waals surface area contributed by atoms with Crippen LogP contribution in [-0.4, -0.2) is 28.1 Å². The molecule has 2 heterocycles. The zero-order chi connectivity index (χ0) is 16.4. The maximum Gasteiger partial charge on any atom is 0.191 e. The van der Waals surface area contributed by atoms with Crippen LogP contribution < -0.4 is 10.5 Å². The molecule has 0 aliphatic carbocycles. The third kappa shape index (κ3) is 3.30. The Balaban J connectivity index is 1.78. The maximum absolute atomic E-state index is 12.5. The summed E-state index contributed by atoms with van der Waals surface area (Å²) in [6.07, 6.45) is 0. The summed E-state index contributed by atoms with van der Waals surface area (Å²) in [5.74, 6) is 1.19. The first-order valence-electron chi connectivity index (χ1n) is 6.94. The molecule has 0 bridgehead atoms. The Kier molecular flexibility index (Phi) is 4.49. The van der Waals surface area contributed by atoms with Gasteiger partial charge in [0.2, 0.25) is 0 Å². The fraction of sp³-hybridized carbons (Fsp3) is 0.188. The predicted octanol–water partition coefficient (Wildman–Crippen LogP) is 3.65. The summed E-state index contributed by atoms with van der Waals surface area (Å²) in [4.78, 5) is 22.1. The minimum Gasteiger partial charge on any atom is -0.497 e. The van der Waals surface area contributed by atoms with Crippen molar-refractivity contribution in [3.63, 3.8) is 0 Å². The SMILES string of the molecule is COc1ccc(C(=O)[C@@H](C)Sc2nc(N)c3ccsc3n2)cc1. The number of anilines is 1. The molecule has 1 aromatic carbocycles. The topological polar surface area (TPSA) is 78.1 Å². The molecular formula is C16H15N3O2S2. The van der Waals surface area contributed by atoms with Gasteiger partial charge in [0, 0.05) is 5.56 Å². The maximum atomic E-state index is 12.5. The van der Waals surface area contributed by atoms with Crippen LogP contribution in [0.4, 0.5) is 5.82 Å². The van der Waals surface area contributed by atoms with E-state index in [1.165, 1.54) is 23.1 Å². The van der Waals surface area contributed by atoms with Gasteiger partial charge < -0.3 is 10.5 Å². The number of benzene rings is 1. The van der Waals surface area contributed by atoms with Gasteiger partial charge >= 0.3 is 0 Å². The standard InChI is InChI=1S/C16H15N3O2S2/c1-9(13(20)10-3-5-11(21-2)6-4-10)23-16-18-14(17)12-7-8-22-15(12)19-16/h3-9H,1-2H3,(H2,17,18,19)/t9-/m1/s1. The monoisotopic (exact) mass is 345 g/mol. The lowest BCUT2D eigenvalue weighted by Gasteiger charge is -2.10. The van der Waals surface area contributed by atoms with Crippen LogP contribution in [0.1, 0.15) is 17.3 Å². The van der Waals surface area contributed by atoms with Crippen molar-refractivity contribution in [2.45, 2.75) is 17.3 Å². The molecule has 118 valence electrons. The summed E-state index contributed by atoms with van der Waals surface area (Å²) in [5, 5.41) is 3.00. The van der Waals surface area contributed by atoms with E-state index in [0.29, 0.717) is 16.5 Å². The molecule has 0 unspecified atom stereocenters. The molecule has 5 nitrogen and oxygen atoms in total. The second-order valence-corrected chi connectivity index (χ2v) is 7.09. The van der Waals surface area contributed by atoms with Gasteiger partial charge in [-0.25, -0.2) is 9.97 Å². The average Bonchev–Trinajstić information content (AvgIpc) is 3.03. The van der Waals surface area contributed by atoms with Gasteiger partial charge in [0.25, 0.3) is 0 Å². The Morgan fingerprint density at radius 2 is 2.00 bits per heavy atom. The first kappa shape index (κ1) is 15.8. The summed E-state index contributed by atoms with van der Waals surface area (Å²) >= 11 is 2.82. The molecule has 0 amide bonds. The molecule has 2 N–H and O–H groups in total. The number of ether oxygens (including phenoxy) is 1. The lowest BCUT2D eigenvalue weighted by Crippen LogP contribution is -2.14. The van der Waals surface area contributed by atoms with Crippen molar-refractivity contribution in [2.24, 2.45) is 0 Å². The molecule has 0 radical (unpaired) electrons. The van der Waals surface area contributed by atoms with Crippen LogP contribution in [0, 0.1) is 0 Å². The number of carbonyl (C=O) groups is 1. The molecule has 0 spiro atoms. The molecular weight excluding hydrogens is 330 g/mol. The highest BCUT2D eigenvalue weighted by Gasteiger charge is 2.19. The number of rotatable bonds is 5. The number of methoxy groups -OCH3 is 1. The second-order valence-electron chi connectivity index (χ2n) is 4.88. The molecule has 0 saturated heterocycles. The van der Waals surface area contributed by atoms with Crippen LogP contribution in [0.2, 0.25) is 0 Å². The number of ketones is 1. The van der Waals surface area contributed by atoms with Crippen LogP contribution in [0.15, 0.2) is 40.9 Å². The molecule has 3 aromatic rings. The number of thiophene rings is 1. The molecule has 7 heteroatoms. The van der Waals surface area contributed by atoms with Crippen LogP contribution in [0.5, 0.6) is 5.75 Å². The van der Waals surface area contributed by atoms with Gasteiger partial charge in [0.05, 0.1) is 17.7 Å². The van der Waals surface area contributed by atoms with E-state index in [4.69, 9.17) is 10.5 Å². The summed E-state index contributed by atoms with van der Waals surface area (Å²) in [7, 11) is 1.60. The summed E-state index contributed by atoms with van der Waals surface area (Å²) in [5.41, 5.74) is 6.57. The van der Waals surface area contributed by atoms with E-state index in [1.54, 1.807) is 31.4 Å². The van der Waals surface area contributed by atoms with Gasteiger partial charge in [-0.1, -0.05) is 11.8 Å². The molecule has 0 saturated carbocycles. The second kappa shape index (κ2) is 6.55. The average molecular weight is 345 g/mol. The summed E-state index contributed by atoms with van der Waals surface area (Å²) in [6.45, 7) is 1.84. The Morgan fingerprint density at radius 3 is 2.70 bits per heavy atom. The van der Waals surface area contributed by atoms with E-state index in [9.17, 15) is 4.79 Å². The third-order valence-electron chi connectivity index (χ3n) is 3.36. The van der Waals surface area contributed by atoms with E-state index >= 15 is 0 Å². The third-order valence-corrected chi connectivity index (χ3v) is 5.13. The van der Waals surface area contributed by atoms with Gasteiger partial charge in [0.15, 0.2) is 10.9 Å². The highest BCUT2D eigenvalue weighted by atomic mass is 32.2. The van der Waals surface area contributed by atoms with Crippen molar-refractivity contribution >= 4 is 44.9 Å². The fourth-order valence-corrected chi connectivity index (χ4v) is 3.80. The molecule has 0 aliphatic rings.